The Morgan fingerprint density at radius 3 is 2.30 bits per heavy atom. The second kappa shape index (κ2) is 4.10. The van der Waals surface area contributed by atoms with Crippen molar-refractivity contribution in [1.29, 1.82) is 0 Å². The number of halogens is 1. The van der Waals surface area contributed by atoms with Gasteiger partial charge in [-0.05, 0) is 28.1 Å². The number of hydrogen-bond acceptors (Lipinski definition) is 1. The van der Waals surface area contributed by atoms with Crippen LogP contribution in [-0.4, -0.2) is 0 Å². The van der Waals surface area contributed by atoms with Gasteiger partial charge in [0.2, 0.25) is 0 Å². The van der Waals surface area contributed by atoms with E-state index in [4.69, 9.17) is 6.42 Å². The molecule has 0 saturated heterocycles. The van der Waals surface area contributed by atoms with Gasteiger partial charge in [0, 0.05) is 10.0 Å². The maximum absolute atomic E-state index is 5.17. The minimum absolute atomic E-state index is 0. The summed E-state index contributed by atoms with van der Waals surface area (Å²) < 4.78 is 0.979. The summed E-state index contributed by atoms with van der Waals surface area (Å²) in [4.78, 5) is 0. The van der Waals surface area contributed by atoms with Crippen molar-refractivity contribution < 1.29 is 0 Å². The molecule has 0 amide bonds. The fourth-order valence-electron chi connectivity index (χ4n) is 0.578. The molecule has 3 N–H and O–H groups in total. The van der Waals surface area contributed by atoms with Crippen LogP contribution in [-0.2, 0) is 0 Å². The summed E-state index contributed by atoms with van der Waals surface area (Å²) in [6.07, 6.45) is 5.17. The van der Waals surface area contributed by atoms with E-state index in [0.717, 1.165) is 10.0 Å². The summed E-state index contributed by atoms with van der Waals surface area (Å²) in [6, 6.07) is 7.67. The van der Waals surface area contributed by atoms with Gasteiger partial charge < -0.3 is 6.15 Å². The first-order valence-corrected chi connectivity index (χ1v) is 3.35. The Balaban J connectivity index is 0.000000810. The van der Waals surface area contributed by atoms with Crippen LogP contribution in [0.25, 0.3) is 0 Å². The van der Waals surface area contributed by atoms with E-state index < -0.39 is 0 Å². The number of hydrogen-bond donors (Lipinski definition) is 1. The highest BCUT2D eigenvalue weighted by molar-refractivity contribution is 9.10. The van der Waals surface area contributed by atoms with E-state index in [1.165, 1.54) is 0 Å². The van der Waals surface area contributed by atoms with Crippen LogP contribution in [0.5, 0.6) is 0 Å². The van der Waals surface area contributed by atoms with Gasteiger partial charge in [-0.1, -0.05) is 18.1 Å². The Bertz CT molecular complexity index is 250. The van der Waals surface area contributed by atoms with Crippen LogP contribution in [0.2, 0.25) is 0 Å². The van der Waals surface area contributed by atoms with Gasteiger partial charge in [0.05, 0.1) is 0 Å². The fourth-order valence-corrected chi connectivity index (χ4v) is 0.978. The van der Waals surface area contributed by atoms with Crippen LogP contribution in [0.1, 0.15) is 5.56 Å². The second-order valence-electron chi connectivity index (χ2n) is 1.62. The van der Waals surface area contributed by atoms with E-state index in [-0.39, 0.29) is 6.15 Å². The zero-order chi connectivity index (χ0) is 6.69. The van der Waals surface area contributed by atoms with Crippen LogP contribution < -0.4 is 6.15 Å². The van der Waals surface area contributed by atoms with Crippen molar-refractivity contribution in [3.63, 3.8) is 0 Å². The van der Waals surface area contributed by atoms with Gasteiger partial charge in [-0.15, -0.1) is 6.42 Å². The Morgan fingerprint density at radius 2 is 1.90 bits per heavy atom. The largest absolute Gasteiger partial charge is 0.344 e. The topological polar surface area (TPSA) is 35.0 Å². The van der Waals surface area contributed by atoms with Crippen LogP contribution in [0.3, 0.4) is 0 Å². The molecule has 0 fully saturated rings. The first-order valence-electron chi connectivity index (χ1n) is 2.56. The van der Waals surface area contributed by atoms with Crippen molar-refractivity contribution in [2.24, 2.45) is 0 Å². The van der Waals surface area contributed by atoms with Gasteiger partial charge in [-0.25, -0.2) is 0 Å². The van der Waals surface area contributed by atoms with Crippen LogP contribution in [0, 0.1) is 12.3 Å². The Hall–Kier alpha value is -0.780. The van der Waals surface area contributed by atoms with Crippen LogP contribution in [0.4, 0.5) is 0 Å². The molecule has 52 valence electrons. The van der Waals surface area contributed by atoms with Crippen molar-refractivity contribution in [3.8, 4) is 12.3 Å². The summed E-state index contributed by atoms with van der Waals surface area (Å²) >= 11 is 3.31. The predicted molar refractivity (Wildman–Crippen MR) is 47.1 cm³/mol. The normalized spacial score (nSPS) is 7.60. The average molecular weight is 198 g/mol. The summed E-state index contributed by atoms with van der Waals surface area (Å²) in [5, 5.41) is 0. The lowest BCUT2D eigenvalue weighted by molar-refractivity contribution is 1.59. The molecule has 0 spiro atoms. The predicted octanol–water partition coefficient (Wildman–Crippen LogP) is 2.59. The zero-order valence-corrected chi connectivity index (χ0v) is 7.06. The lowest BCUT2D eigenvalue weighted by atomic mass is 10.2. The average Bonchev–Trinajstić information content (AvgIpc) is 1.89. The van der Waals surface area contributed by atoms with E-state index >= 15 is 0 Å². The smallest absolute Gasteiger partial charge is 0.0384 e. The summed E-state index contributed by atoms with van der Waals surface area (Å²) in [5.41, 5.74) is 0.900. The quantitative estimate of drug-likeness (QED) is 0.638. The SMILES string of the molecule is C#Cc1ccccc1Br.N. The van der Waals surface area contributed by atoms with E-state index in [2.05, 4.69) is 21.9 Å². The van der Waals surface area contributed by atoms with Crippen LogP contribution in [0.15, 0.2) is 28.7 Å². The lowest BCUT2D eigenvalue weighted by Crippen LogP contribution is -1.72. The molecule has 1 rings (SSSR count). The minimum Gasteiger partial charge on any atom is -0.344 e. The molecule has 0 radical (unpaired) electrons. The molecule has 0 aliphatic carbocycles. The standard InChI is InChI=1S/C8H5Br.H3N/c1-2-7-5-3-4-6-8(7)9;/h1,3-6H;1H3. The molecular weight excluding hydrogens is 190 g/mol. The third-order valence-electron chi connectivity index (χ3n) is 1.03. The number of terminal acetylenes is 1. The van der Waals surface area contributed by atoms with Crippen molar-refractivity contribution in [2.75, 3.05) is 0 Å². The first-order chi connectivity index (χ1) is 4.34. The second-order valence-corrected chi connectivity index (χ2v) is 2.48. The summed E-state index contributed by atoms with van der Waals surface area (Å²) in [7, 11) is 0. The molecule has 0 atom stereocenters. The highest BCUT2D eigenvalue weighted by atomic mass is 79.9. The summed E-state index contributed by atoms with van der Waals surface area (Å²) in [6.45, 7) is 0. The Labute approximate surface area is 69.2 Å². The number of benzene rings is 1. The van der Waals surface area contributed by atoms with Crippen molar-refractivity contribution >= 4 is 15.9 Å². The molecule has 0 aliphatic heterocycles. The molecule has 0 aliphatic rings. The fraction of sp³-hybridized carbons (Fsp3) is 0. The van der Waals surface area contributed by atoms with Crippen LogP contribution >= 0.6 is 15.9 Å². The van der Waals surface area contributed by atoms with Crippen molar-refractivity contribution in [1.82, 2.24) is 6.15 Å². The van der Waals surface area contributed by atoms with E-state index in [0.29, 0.717) is 0 Å². The molecule has 1 aromatic carbocycles. The lowest BCUT2D eigenvalue weighted by Gasteiger charge is -1.90. The zero-order valence-electron chi connectivity index (χ0n) is 5.47. The van der Waals surface area contributed by atoms with Gasteiger partial charge in [0.15, 0.2) is 0 Å². The Kier molecular flexibility index (Phi) is 3.78. The van der Waals surface area contributed by atoms with Gasteiger partial charge >= 0.3 is 0 Å². The highest BCUT2D eigenvalue weighted by Crippen LogP contribution is 2.13. The van der Waals surface area contributed by atoms with Crippen molar-refractivity contribution in [2.45, 2.75) is 0 Å². The molecule has 0 saturated carbocycles. The highest BCUT2D eigenvalue weighted by Gasteiger charge is 1.89. The minimum atomic E-state index is 0. The molecule has 0 aromatic heterocycles. The third-order valence-corrected chi connectivity index (χ3v) is 1.72. The maximum atomic E-state index is 5.17. The van der Waals surface area contributed by atoms with E-state index in [1.54, 1.807) is 0 Å². The molecule has 2 heteroatoms. The van der Waals surface area contributed by atoms with Crippen molar-refractivity contribution in [3.05, 3.63) is 34.3 Å². The van der Waals surface area contributed by atoms with Gasteiger partial charge in [-0.2, -0.15) is 0 Å². The maximum Gasteiger partial charge on any atom is 0.0384 e. The van der Waals surface area contributed by atoms with E-state index in [9.17, 15) is 0 Å². The van der Waals surface area contributed by atoms with E-state index in [1.807, 2.05) is 24.3 Å². The molecular formula is C8H8BrN. The number of rotatable bonds is 0. The molecule has 10 heavy (non-hydrogen) atoms. The molecule has 0 heterocycles. The van der Waals surface area contributed by atoms with Gasteiger partial charge in [0.25, 0.3) is 0 Å². The monoisotopic (exact) mass is 197 g/mol. The van der Waals surface area contributed by atoms with Gasteiger partial charge in [0.1, 0.15) is 0 Å². The molecule has 0 unspecified atom stereocenters. The molecule has 1 aromatic rings. The molecule has 1 nitrogen and oxygen atoms in total. The summed E-state index contributed by atoms with van der Waals surface area (Å²) in [5.74, 6) is 2.55. The molecule has 0 bridgehead atoms. The van der Waals surface area contributed by atoms with Gasteiger partial charge in [-0.3, -0.25) is 0 Å². The third kappa shape index (κ3) is 1.87. The first kappa shape index (κ1) is 9.22. The Morgan fingerprint density at radius 1 is 1.30 bits per heavy atom.